The summed E-state index contributed by atoms with van der Waals surface area (Å²) in [5.41, 5.74) is 3.73. The van der Waals surface area contributed by atoms with Crippen LogP contribution in [-0.4, -0.2) is 18.4 Å². The molecule has 0 unspecified atom stereocenters. The molecule has 5 nitrogen and oxygen atoms in total. The summed E-state index contributed by atoms with van der Waals surface area (Å²) in [6.07, 6.45) is 0.788. The van der Waals surface area contributed by atoms with Crippen LogP contribution >= 0.6 is 0 Å². The van der Waals surface area contributed by atoms with Crippen molar-refractivity contribution in [1.29, 1.82) is 0 Å². The van der Waals surface area contributed by atoms with E-state index in [0.29, 0.717) is 35.7 Å². The lowest BCUT2D eigenvalue weighted by Crippen LogP contribution is -2.23. The highest BCUT2D eigenvalue weighted by atomic mass is 16.5. The van der Waals surface area contributed by atoms with Gasteiger partial charge in [-0.3, -0.25) is 9.59 Å². The third kappa shape index (κ3) is 6.56. The van der Waals surface area contributed by atoms with Gasteiger partial charge in [0.2, 0.25) is 0 Å². The molecule has 0 spiro atoms. The van der Waals surface area contributed by atoms with E-state index in [4.69, 9.17) is 4.74 Å². The zero-order chi connectivity index (χ0) is 23.6. The third-order valence-electron chi connectivity index (χ3n) is 5.28. The van der Waals surface area contributed by atoms with E-state index in [1.807, 2.05) is 54.6 Å². The van der Waals surface area contributed by atoms with Crippen LogP contribution in [0.25, 0.3) is 0 Å². The van der Waals surface area contributed by atoms with Gasteiger partial charge in [-0.1, -0.05) is 72.8 Å². The fraction of sp³-hybridized carbons (Fsp3) is 0.103. The van der Waals surface area contributed by atoms with Gasteiger partial charge in [0, 0.05) is 29.8 Å². The van der Waals surface area contributed by atoms with Gasteiger partial charge in [-0.25, -0.2) is 0 Å². The minimum absolute atomic E-state index is 0.200. The second-order valence-corrected chi connectivity index (χ2v) is 7.82. The van der Waals surface area contributed by atoms with Crippen LogP contribution in [0.4, 0.5) is 5.69 Å². The second-order valence-electron chi connectivity index (χ2n) is 7.82. The molecule has 4 rings (SSSR count). The summed E-state index contributed by atoms with van der Waals surface area (Å²) in [5, 5.41) is 5.76. The summed E-state index contributed by atoms with van der Waals surface area (Å²) in [4.78, 5) is 25.3. The van der Waals surface area contributed by atoms with E-state index >= 15 is 0 Å². The maximum absolute atomic E-state index is 12.8. The van der Waals surface area contributed by atoms with Crippen LogP contribution in [0.1, 0.15) is 31.8 Å². The Hall–Kier alpha value is -4.38. The maximum Gasteiger partial charge on any atom is 0.255 e. The lowest BCUT2D eigenvalue weighted by molar-refractivity contribution is 0.0949. The molecule has 0 aliphatic rings. The Balaban J connectivity index is 1.33. The molecule has 0 radical (unpaired) electrons. The van der Waals surface area contributed by atoms with Gasteiger partial charge in [0.15, 0.2) is 0 Å². The molecule has 0 saturated carbocycles. The molecular weight excluding hydrogens is 424 g/mol. The van der Waals surface area contributed by atoms with Crippen LogP contribution in [0.3, 0.4) is 0 Å². The van der Waals surface area contributed by atoms with E-state index in [-0.39, 0.29) is 11.8 Å². The van der Waals surface area contributed by atoms with Crippen molar-refractivity contribution in [2.24, 2.45) is 0 Å². The molecule has 5 heteroatoms. The van der Waals surface area contributed by atoms with Crippen LogP contribution in [-0.2, 0) is 13.0 Å². The van der Waals surface area contributed by atoms with E-state index < -0.39 is 0 Å². The average molecular weight is 451 g/mol. The Kier molecular flexibility index (Phi) is 7.70. The summed E-state index contributed by atoms with van der Waals surface area (Å²) in [6, 6.07) is 33.8. The maximum atomic E-state index is 12.8. The largest absolute Gasteiger partial charge is 0.493 e. The van der Waals surface area contributed by atoms with Crippen LogP contribution in [0, 0.1) is 0 Å². The lowest BCUT2D eigenvalue weighted by Gasteiger charge is -2.10. The van der Waals surface area contributed by atoms with Crippen molar-refractivity contribution in [2.45, 2.75) is 13.0 Å². The van der Waals surface area contributed by atoms with Crippen molar-refractivity contribution < 1.29 is 14.3 Å². The number of anilines is 1. The fourth-order valence-electron chi connectivity index (χ4n) is 3.48. The van der Waals surface area contributed by atoms with Crippen molar-refractivity contribution in [3.8, 4) is 5.75 Å². The predicted octanol–water partition coefficient (Wildman–Crippen LogP) is 5.49. The number of hydrogen-bond acceptors (Lipinski definition) is 3. The molecule has 4 aromatic carbocycles. The quantitative estimate of drug-likeness (QED) is 0.354. The average Bonchev–Trinajstić information content (AvgIpc) is 2.89. The van der Waals surface area contributed by atoms with E-state index in [0.717, 1.165) is 12.0 Å². The number of ether oxygens (including phenoxy) is 1. The number of nitrogens with one attached hydrogen (secondary N) is 2. The molecule has 0 aromatic heterocycles. The van der Waals surface area contributed by atoms with Gasteiger partial charge in [-0.2, -0.15) is 0 Å². The Morgan fingerprint density at radius 2 is 1.29 bits per heavy atom. The summed E-state index contributed by atoms with van der Waals surface area (Å²) in [6.45, 7) is 0.961. The van der Waals surface area contributed by atoms with E-state index in [2.05, 4.69) is 22.8 Å². The van der Waals surface area contributed by atoms with Crippen molar-refractivity contribution in [3.05, 3.63) is 131 Å². The first-order chi connectivity index (χ1) is 16.7. The van der Waals surface area contributed by atoms with Gasteiger partial charge in [0.05, 0.1) is 6.61 Å². The van der Waals surface area contributed by atoms with Crippen molar-refractivity contribution >= 4 is 17.5 Å². The van der Waals surface area contributed by atoms with Crippen LogP contribution in [0.15, 0.2) is 109 Å². The van der Waals surface area contributed by atoms with Crippen LogP contribution < -0.4 is 15.4 Å². The summed E-state index contributed by atoms with van der Waals surface area (Å²) < 4.78 is 5.83. The summed E-state index contributed by atoms with van der Waals surface area (Å²) in [7, 11) is 0. The lowest BCUT2D eigenvalue weighted by atomic mass is 10.1. The Morgan fingerprint density at radius 1 is 0.647 bits per heavy atom. The van der Waals surface area contributed by atoms with Gasteiger partial charge in [0.1, 0.15) is 5.75 Å². The highest BCUT2D eigenvalue weighted by molar-refractivity contribution is 6.05. The monoisotopic (exact) mass is 450 g/mol. The molecule has 0 bridgehead atoms. The fourth-order valence-corrected chi connectivity index (χ4v) is 3.48. The molecule has 2 N–H and O–H groups in total. The first-order valence-corrected chi connectivity index (χ1v) is 11.2. The summed E-state index contributed by atoms with van der Waals surface area (Å²) >= 11 is 0. The molecule has 0 heterocycles. The highest BCUT2D eigenvalue weighted by Gasteiger charge is 2.10. The van der Waals surface area contributed by atoms with Gasteiger partial charge in [-0.05, 0) is 47.5 Å². The Labute approximate surface area is 199 Å². The van der Waals surface area contributed by atoms with E-state index in [9.17, 15) is 9.59 Å². The predicted molar refractivity (Wildman–Crippen MR) is 134 cm³/mol. The molecule has 0 aliphatic heterocycles. The Bertz CT molecular complexity index is 1240. The van der Waals surface area contributed by atoms with Crippen LogP contribution in [0.2, 0.25) is 0 Å². The SMILES string of the molecule is O=C(NCc1ccccc1)c1cccc(NC(=O)c2cccc(OCCc3ccccc3)c2)c1. The van der Waals surface area contributed by atoms with Crippen LogP contribution in [0.5, 0.6) is 5.75 Å². The summed E-state index contributed by atoms with van der Waals surface area (Å²) in [5.74, 6) is 0.168. The molecule has 0 atom stereocenters. The zero-order valence-electron chi connectivity index (χ0n) is 18.7. The second kappa shape index (κ2) is 11.5. The number of benzene rings is 4. The first kappa shape index (κ1) is 22.8. The van der Waals surface area contributed by atoms with E-state index in [1.54, 1.807) is 42.5 Å². The first-order valence-electron chi connectivity index (χ1n) is 11.2. The zero-order valence-corrected chi connectivity index (χ0v) is 18.7. The molecule has 0 aliphatic carbocycles. The Morgan fingerprint density at radius 3 is 2.03 bits per heavy atom. The molecular formula is C29H26N2O3. The standard InChI is InChI=1S/C29H26N2O3/c32-28(30-21-23-11-5-2-6-12-23)24-13-7-15-26(19-24)31-29(33)25-14-8-16-27(20-25)34-18-17-22-9-3-1-4-10-22/h1-16,19-20H,17-18,21H2,(H,30,32)(H,31,33). The molecule has 170 valence electrons. The van der Waals surface area contributed by atoms with Crippen molar-refractivity contribution in [3.63, 3.8) is 0 Å². The number of carbonyl (C=O) groups is 2. The van der Waals surface area contributed by atoms with Gasteiger partial charge in [-0.15, -0.1) is 0 Å². The normalized spacial score (nSPS) is 10.4. The van der Waals surface area contributed by atoms with Gasteiger partial charge < -0.3 is 15.4 Å². The minimum atomic E-state index is -0.268. The molecule has 0 saturated heterocycles. The number of hydrogen-bond donors (Lipinski definition) is 2. The number of amides is 2. The topological polar surface area (TPSA) is 67.4 Å². The molecule has 2 amide bonds. The number of rotatable bonds is 9. The third-order valence-corrected chi connectivity index (χ3v) is 5.28. The number of carbonyl (C=O) groups excluding carboxylic acids is 2. The van der Waals surface area contributed by atoms with Crippen molar-refractivity contribution in [2.75, 3.05) is 11.9 Å². The van der Waals surface area contributed by atoms with Gasteiger partial charge >= 0.3 is 0 Å². The minimum Gasteiger partial charge on any atom is -0.493 e. The molecule has 4 aromatic rings. The molecule has 34 heavy (non-hydrogen) atoms. The van der Waals surface area contributed by atoms with E-state index in [1.165, 1.54) is 5.56 Å². The van der Waals surface area contributed by atoms with Crippen molar-refractivity contribution in [1.82, 2.24) is 5.32 Å². The smallest absolute Gasteiger partial charge is 0.255 e. The van der Waals surface area contributed by atoms with Gasteiger partial charge in [0.25, 0.3) is 11.8 Å². The highest BCUT2D eigenvalue weighted by Crippen LogP contribution is 2.17. The molecule has 0 fully saturated rings.